The van der Waals surface area contributed by atoms with Gasteiger partial charge in [-0.2, -0.15) is 4.98 Å². The van der Waals surface area contributed by atoms with E-state index in [9.17, 15) is 4.79 Å². The molecular weight excluding hydrogens is 342 g/mol. The highest BCUT2D eigenvalue weighted by Gasteiger charge is 2.30. The van der Waals surface area contributed by atoms with Gasteiger partial charge in [-0.25, -0.2) is 9.78 Å². The van der Waals surface area contributed by atoms with E-state index in [2.05, 4.69) is 9.97 Å². The Morgan fingerprint density at radius 3 is 2.80 bits per heavy atom. The van der Waals surface area contributed by atoms with E-state index in [0.717, 1.165) is 44.3 Å². The molecule has 1 aromatic heterocycles. The lowest BCUT2D eigenvalue weighted by atomic mass is 9.98. The molecule has 1 aliphatic heterocycles. The van der Waals surface area contributed by atoms with Crippen LogP contribution in [0, 0.1) is 6.92 Å². The second-order valence-corrected chi connectivity index (χ2v) is 7.77. The quantitative estimate of drug-likeness (QED) is 0.569. The van der Waals surface area contributed by atoms with Crippen LogP contribution in [0.4, 0.5) is 4.79 Å². The van der Waals surface area contributed by atoms with Crippen molar-refractivity contribution in [1.82, 2.24) is 14.9 Å². The van der Waals surface area contributed by atoms with Gasteiger partial charge in [0.1, 0.15) is 5.60 Å². The number of likely N-dealkylation sites (tertiary alicyclic amines) is 1. The molecule has 0 aromatic carbocycles. The molecule has 1 saturated heterocycles. The van der Waals surface area contributed by atoms with Crippen LogP contribution in [0.3, 0.4) is 0 Å². The van der Waals surface area contributed by atoms with Crippen LogP contribution in [-0.4, -0.2) is 45.8 Å². The zero-order valence-electron chi connectivity index (χ0n) is 15.5. The van der Waals surface area contributed by atoms with Gasteiger partial charge in [-0.05, 0) is 71.4 Å². The van der Waals surface area contributed by atoms with Gasteiger partial charge in [0, 0.05) is 24.3 Å². The van der Waals surface area contributed by atoms with Crippen molar-refractivity contribution in [1.29, 1.82) is 0 Å². The normalized spacial score (nSPS) is 18.1. The standard InChI is InChI=1S/C18H28ClN3O3/c1-13-12-15(21-16(19)20-13)24-11-7-9-14-8-5-6-10-22(14)17(23)25-18(2,3)4/h12,14H,5-11H2,1-4H3/t14-/m0/s1. The molecule has 0 aliphatic carbocycles. The molecular formula is C18H28ClN3O3. The molecule has 0 N–H and O–H groups in total. The Bertz CT molecular complexity index is 569. The molecule has 1 amide bonds. The molecule has 0 radical (unpaired) electrons. The van der Waals surface area contributed by atoms with E-state index < -0.39 is 5.60 Å². The molecule has 0 saturated carbocycles. The molecule has 1 aromatic rings. The van der Waals surface area contributed by atoms with E-state index in [1.165, 1.54) is 0 Å². The van der Waals surface area contributed by atoms with Crippen molar-refractivity contribution in [3.05, 3.63) is 17.0 Å². The summed E-state index contributed by atoms with van der Waals surface area (Å²) in [4.78, 5) is 22.3. The van der Waals surface area contributed by atoms with Gasteiger partial charge in [0.05, 0.1) is 6.61 Å². The Balaban J connectivity index is 1.82. The lowest BCUT2D eigenvalue weighted by Crippen LogP contribution is -2.46. The summed E-state index contributed by atoms with van der Waals surface area (Å²) in [6.07, 6.45) is 4.70. The molecule has 25 heavy (non-hydrogen) atoms. The largest absolute Gasteiger partial charge is 0.478 e. The van der Waals surface area contributed by atoms with Crippen LogP contribution in [0.5, 0.6) is 5.88 Å². The predicted octanol–water partition coefficient (Wildman–Crippen LogP) is 4.39. The minimum Gasteiger partial charge on any atom is -0.478 e. The Kier molecular flexibility index (Phi) is 6.87. The number of carbonyl (C=O) groups is 1. The first-order valence-corrected chi connectivity index (χ1v) is 9.26. The second kappa shape index (κ2) is 8.70. The summed E-state index contributed by atoms with van der Waals surface area (Å²) in [5.74, 6) is 0.491. The summed E-state index contributed by atoms with van der Waals surface area (Å²) in [6, 6.07) is 1.97. The van der Waals surface area contributed by atoms with Crippen LogP contribution in [0.25, 0.3) is 0 Å². The Morgan fingerprint density at radius 2 is 2.12 bits per heavy atom. The maximum absolute atomic E-state index is 12.4. The monoisotopic (exact) mass is 369 g/mol. The molecule has 2 rings (SSSR count). The highest BCUT2D eigenvalue weighted by molar-refractivity contribution is 6.28. The average Bonchev–Trinajstić information content (AvgIpc) is 2.49. The van der Waals surface area contributed by atoms with Gasteiger partial charge < -0.3 is 14.4 Å². The number of rotatable bonds is 5. The van der Waals surface area contributed by atoms with E-state index in [0.29, 0.717) is 12.5 Å². The summed E-state index contributed by atoms with van der Waals surface area (Å²) in [7, 11) is 0. The third-order valence-corrected chi connectivity index (χ3v) is 4.16. The molecule has 1 aliphatic rings. The van der Waals surface area contributed by atoms with Gasteiger partial charge in [-0.15, -0.1) is 0 Å². The summed E-state index contributed by atoms with van der Waals surface area (Å²) in [5, 5.41) is 0.193. The summed E-state index contributed by atoms with van der Waals surface area (Å²) < 4.78 is 11.2. The molecule has 1 atom stereocenters. The van der Waals surface area contributed by atoms with Gasteiger partial charge in [0.15, 0.2) is 0 Å². The van der Waals surface area contributed by atoms with Crippen molar-refractivity contribution in [2.75, 3.05) is 13.2 Å². The predicted molar refractivity (Wildman–Crippen MR) is 97.1 cm³/mol. The SMILES string of the molecule is Cc1cc(OCCC[C@@H]2CCCCN2C(=O)OC(C)(C)C)nc(Cl)n1. The van der Waals surface area contributed by atoms with E-state index in [1.54, 1.807) is 6.07 Å². The van der Waals surface area contributed by atoms with Crippen LogP contribution in [0.2, 0.25) is 5.28 Å². The highest BCUT2D eigenvalue weighted by Crippen LogP contribution is 2.23. The first-order valence-electron chi connectivity index (χ1n) is 8.88. The first-order chi connectivity index (χ1) is 11.7. The van der Waals surface area contributed by atoms with Gasteiger partial charge in [0.25, 0.3) is 0 Å². The highest BCUT2D eigenvalue weighted by atomic mass is 35.5. The lowest BCUT2D eigenvalue weighted by Gasteiger charge is -2.36. The maximum Gasteiger partial charge on any atom is 0.410 e. The lowest BCUT2D eigenvalue weighted by molar-refractivity contribution is 0.00822. The molecule has 7 heteroatoms. The average molecular weight is 370 g/mol. The van der Waals surface area contributed by atoms with Crippen LogP contribution in [0.1, 0.15) is 58.6 Å². The third-order valence-electron chi connectivity index (χ3n) is 3.99. The number of hydrogen-bond acceptors (Lipinski definition) is 5. The van der Waals surface area contributed by atoms with Crippen molar-refractivity contribution in [2.45, 2.75) is 71.4 Å². The number of amides is 1. The topological polar surface area (TPSA) is 64.5 Å². The van der Waals surface area contributed by atoms with Crippen molar-refractivity contribution < 1.29 is 14.3 Å². The fourth-order valence-electron chi connectivity index (χ4n) is 2.94. The molecule has 140 valence electrons. The zero-order valence-corrected chi connectivity index (χ0v) is 16.3. The smallest absolute Gasteiger partial charge is 0.410 e. The van der Waals surface area contributed by atoms with Crippen LogP contribution in [0.15, 0.2) is 6.07 Å². The number of carbonyl (C=O) groups excluding carboxylic acids is 1. The summed E-state index contributed by atoms with van der Waals surface area (Å²) >= 11 is 5.83. The van der Waals surface area contributed by atoms with Crippen LogP contribution >= 0.6 is 11.6 Å². The fourth-order valence-corrected chi connectivity index (χ4v) is 3.15. The Hall–Kier alpha value is -1.56. The fraction of sp³-hybridized carbons (Fsp3) is 0.722. The van der Waals surface area contributed by atoms with Crippen molar-refractivity contribution in [3.8, 4) is 5.88 Å². The number of ether oxygens (including phenoxy) is 2. The number of nitrogens with zero attached hydrogens (tertiary/aromatic N) is 3. The zero-order chi connectivity index (χ0) is 18.4. The number of piperidine rings is 1. The van der Waals surface area contributed by atoms with E-state index >= 15 is 0 Å². The molecule has 0 unspecified atom stereocenters. The van der Waals surface area contributed by atoms with Crippen LogP contribution in [-0.2, 0) is 4.74 Å². The molecule has 2 heterocycles. The number of aromatic nitrogens is 2. The van der Waals surface area contributed by atoms with E-state index in [1.807, 2.05) is 32.6 Å². The van der Waals surface area contributed by atoms with Gasteiger partial charge >= 0.3 is 6.09 Å². The van der Waals surface area contributed by atoms with Crippen LogP contribution < -0.4 is 4.74 Å². The molecule has 0 bridgehead atoms. The minimum absolute atomic E-state index is 0.193. The summed E-state index contributed by atoms with van der Waals surface area (Å²) in [5.41, 5.74) is 0.310. The third kappa shape index (κ3) is 6.69. The Morgan fingerprint density at radius 1 is 1.36 bits per heavy atom. The van der Waals surface area contributed by atoms with Gasteiger partial charge in [-0.1, -0.05) is 0 Å². The first kappa shape index (κ1) is 19.8. The minimum atomic E-state index is -0.466. The van der Waals surface area contributed by atoms with Gasteiger partial charge in [-0.3, -0.25) is 0 Å². The molecule has 6 nitrogen and oxygen atoms in total. The van der Waals surface area contributed by atoms with E-state index in [-0.39, 0.29) is 17.4 Å². The van der Waals surface area contributed by atoms with E-state index in [4.69, 9.17) is 21.1 Å². The second-order valence-electron chi connectivity index (χ2n) is 7.43. The number of aryl methyl sites for hydroxylation is 1. The molecule has 1 fully saturated rings. The maximum atomic E-state index is 12.4. The number of halogens is 1. The van der Waals surface area contributed by atoms with Crippen molar-refractivity contribution >= 4 is 17.7 Å². The summed E-state index contributed by atoms with van der Waals surface area (Å²) in [6.45, 7) is 8.83. The molecule has 0 spiro atoms. The Labute approximate surface area is 154 Å². The number of hydrogen-bond donors (Lipinski definition) is 0. The van der Waals surface area contributed by atoms with Gasteiger partial charge in [0.2, 0.25) is 11.2 Å². The van der Waals surface area contributed by atoms with Crippen molar-refractivity contribution in [3.63, 3.8) is 0 Å². The van der Waals surface area contributed by atoms with Crippen molar-refractivity contribution in [2.24, 2.45) is 0 Å².